The number of carboxylic acid groups (broad SMARTS) is 1. The molecule has 3 N–H and O–H groups in total. The number of carboxylic acids is 1. The molecule has 4 aromatic carbocycles. The average molecular weight is 1710 g/mol. The molecule has 0 aromatic heterocycles. The topological polar surface area (TPSA) is 245 Å². The van der Waals surface area contributed by atoms with Gasteiger partial charge in [-0.05, 0) is 182 Å². The lowest BCUT2D eigenvalue weighted by molar-refractivity contribution is -0.155. The van der Waals surface area contributed by atoms with E-state index in [-0.39, 0.29) is 130 Å². The number of nitrogens with two attached hydrogens (primary N) is 1. The van der Waals surface area contributed by atoms with E-state index in [4.69, 9.17) is 33.7 Å². The summed E-state index contributed by atoms with van der Waals surface area (Å²) in [5, 5.41) is 7.54. The first kappa shape index (κ1) is 90.3. The Hall–Kier alpha value is -6.20. The van der Waals surface area contributed by atoms with Crippen LogP contribution in [-0.2, 0) is 91.4 Å². The maximum atomic E-state index is 14.9. The number of likely N-dealkylation sites (tertiary alicyclic amines) is 2. The zero-order valence-electron chi connectivity index (χ0n) is 64.1. The molecule has 2 amide bonds. The van der Waals surface area contributed by atoms with Gasteiger partial charge in [-0.25, -0.2) is 22.4 Å². The first-order chi connectivity index (χ1) is 53.2. The molecule has 4 aromatic rings. The average Bonchev–Trinajstić information content (AvgIpc) is 1.56. The van der Waals surface area contributed by atoms with Gasteiger partial charge in [0, 0.05) is 70.2 Å². The van der Waals surface area contributed by atoms with Gasteiger partial charge in [0.25, 0.3) is 0 Å². The van der Waals surface area contributed by atoms with E-state index in [9.17, 15) is 60.6 Å². The Labute approximate surface area is 669 Å². The van der Waals surface area contributed by atoms with Crippen LogP contribution in [0.25, 0.3) is 0 Å². The molecule has 6 aliphatic rings. The molecule has 2 aliphatic heterocycles. The number of nitrogens with zero attached hydrogens (tertiary/aromatic N) is 2. The monoisotopic (exact) mass is 1710 g/mol. The number of amides is 2. The van der Waals surface area contributed by atoms with E-state index in [1.165, 1.54) is 17.0 Å². The molecule has 2 heterocycles. The molecule has 12 atom stereocenters. The van der Waals surface area contributed by atoms with E-state index in [0.717, 1.165) is 141 Å². The van der Waals surface area contributed by atoms with E-state index in [0.29, 0.717) is 38.7 Å². The number of esters is 2. The molecule has 6 fully saturated rings. The summed E-state index contributed by atoms with van der Waals surface area (Å²) in [5.74, 6) is -7.72. The maximum Gasteiger partial charge on any atom is 0.326 e. The molecule has 2 unspecified atom stereocenters. The fourth-order valence-electron chi connectivity index (χ4n) is 15.7. The number of hydrogen-bond acceptors (Lipinski definition) is 15. The van der Waals surface area contributed by atoms with Gasteiger partial charge in [0.05, 0.1) is 75.0 Å². The largest absolute Gasteiger partial charge is 0.480 e. The van der Waals surface area contributed by atoms with Gasteiger partial charge in [0.2, 0.25) is 26.6 Å². The van der Waals surface area contributed by atoms with Crippen LogP contribution in [0.15, 0.2) is 144 Å². The van der Waals surface area contributed by atoms with Crippen molar-refractivity contribution in [3.05, 3.63) is 190 Å². The Morgan fingerprint density at radius 2 is 0.973 bits per heavy atom. The Morgan fingerprint density at radius 3 is 1.36 bits per heavy atom. The summed E-state index contributed by atoms with van der Waals surface area (Å²) in [5.41, 5.74) is 7.43. The molecular formula is C85H111Br2F4N3O15P2. The molecule has 111 heavy (non-hydrogen) atoms. The first-order valence-electron chi connectivity index (χ1n) is 39.2. The standard InChI is InChI=1S/C43H55BrF2NO7P.C28H38BrNO6.C14H18F2NO2P/c1-4-7-8-9-10-14-31(23-41(49)54-34-15-11-12-16-34)42(50)47-27-35(52-28-30-19-21-33(44)22-20-30)24-39(47)40(48)26-43(25-32(43)5-2)55(51,53-6-3)29-36-37(45)17-13-18-38(36)46;1-2-3-4-5-6-9-21(16-26(31)36-23-10-7-8-11-23)27(32)30-18-24(17-25(30)28(33)34)35-19-20-12-14-22(29)15-13-20;1-3-10-8-14(10,17)20(18,19-4-2)9-11-12(15)6-5-7-13(11)16/h4-5,13,17-22,31-32,34-35,39H,1-2,6-12,14-16,23-29H2,3H3;2,12-15,21,23-25H,1,3-11,16-19H2,(H,33,34);3,5-7,10H,1,4,8-9,17H2,2H3/t31-,32-,35+,39+,43-,55?;21-,24+,25+;10-,14+,20?/m111/s1. The number of allylic oxidation sites excluding steroid dienone is 3. The highest BCUT2D eigenvalue weighted by atomic mass is 79.9. The van der Waals surface area contributed by atoms with Crippen LogP contribution < -0.4 is 5.73 Å². The number of aliphatic carboxylic acids is 1. The number of ether oxygens (including phenoxy) is 4. The summed E-state index contributed by atoms with van der Waals surface area (Å²) in [6.07, 6.45) is 21.3. The summed E-state index contributed by atoms with van der Waals surface area (Å²) >= 11 is 6.86. The van der Waals surface area contributed by atoms with Crippen LogP contribution in [0.4, 0.5) is 17.6 Å². The van der Waals surface area contributed by atoms with Gasteiger partial charge >= 0.3 is 17.9 Å². The van der Waals surface area contributed by atoms with Crippen LogP contribution in [0.1, 0.15) is 197 Å². The number of halogens is 6. The van der Waals surface area contributed by atoms with Crippen molar-refractivity contribution in [1.82, 2.24) is 9.80 Å². The summed E-state index contributed by atoms with van der Waals surface area (Å²) in [6, 6.07) is 20.5. The van der Waals surface area contributed by atoms with Crippen LogP contribution in [-0.4, -0.2) is 124 Å². The van der Waals surface area contributed by atoms with Gasteiger partial charge in [0.15, 0.2) is 5.78 Å². The van der Waals surface area contributed by atoms with Crippen molar-refractivity contribution in [3.8, 4) is 0 Å². The van der Waals surface area contributed by atoms with Crippen molar-refractivity contribution in [2.75, 3.05) is 26.3 Å². The predicted octanol–water partition coefficient (Wildman–Crippen LogP) is 19.5. The molecule has 10 rings (SSSR count). The minimum Gasteiger partial charge on any atom is -0.480 e. The van der Waals surface area contributed by atoms with Crippen molar-refractivity contribution in [1.29, 1.82) is 0 Å². The number of carbonyl (C=O) groups excluding carboxylic acids is 5. The van der Waals surface area contributed by atoms with E-state index in [1.54, 1.807) is 30.9 Å². The minimum atomic E-state index is -3.93. The summed E-state index contributed by atoms with van der Waals surface area (Å²) in [7, 11) is -7.34. The molecule has 4 aliphatic carbocycles. The van der Waals surface area contributed by atoms with E-state index >= 15 is 0 Å². The number of ketones is 1. The third-order valence-electron chi connectivity index (χ3n) is 22.2. The van der Waals surface area contributed by atoms with E-state index in [2.05, 4.69) is 58.2 Å². The summed E-state index contributed by atoms with van der Waals surface area (Å²) < 4.78 is 122. The maximum absolute atomic E-state index is 14.9. The van der Waals surface area contributed by atoms with Crippen LogP contribution in [0.5, 0.6) is 0 Å². The second-order valence-electron chi connectivity index (χ2n) is 30.1. The lowest BCUT2D eigenvalue weighted by Gasteiger charge is -2.32. The minimum absolute atomic E-state index is 0.00987. The smallest absolute Gasteiger partial charge is 0.326 e. The Balaban J connectivity index is 0.000000235. The van der Waals surface area contributed by atoms with Gasteiger partial charge in [-0.1, -0.05) is 118 Å². The summed E-state index contributed by atoms with van der Waals surface area (Å²) in [6.45, 7) is 19.5. The first-order valence-corrected chi connectivity index (χ1v) is 44.4. The van der Waals surface area contributed by atoms with Crippen molar-refractivity contribution >= 4 is 82.1 Å². The third kappa shape index (κ3) is 25.2. The highest BCUT2D eigenvalue weighted by Gasteiger charge is 2.67. The number of rotatable bonds is 42. The number of benzene rings is 4. The van der Waals surface area contributed by atoms with Crippen LogP contribution in [0.2, 0.25) is 0 Å². The van der Waals surface area contributed by atoms with Gasteiger partial charge in [-0.3, -0.25) is 33.1 Å². The fourth-order valence-corrected chi connectivity index (χ4v) is 22.4. The zero-order chi connectivity index (χ0) is 80.5. The van der Waals surface area contributed by atoms with Crippen LogP contribution in [0, 0.1) is 46.9 Å². The van der Waals surface area contributed by atoms with E-state index in [1.807, 2.05) is 60.7 Å². The molecule has 0 spiro atoms. The van der Waals surface area contributed by atoms with Crippen molar-refractivity contribution in [3.63, 3.8) is 0 Å². The normalized spacial score (nSPS) is 23.6. The van der Waals surface area contributed by atoms with Crippen molar-refractivity contribution < 1.29 is 88.6 Å². The summed E-state index contributed by atoms with van der Waals surface area (Å²) in [4.78, 5) is 83.8. The van der Waals surface area contributed by atoms with Crippen LogP contribution in [0.3, 0.4) is 0 Å². The molecule has 0 radical (unpaired) electrons. The molecule has 608 valence electrons. The highest BCUT2D eigenvalue weighted by Crippen LogP contribution is 2.77. The van der Waals surface area contributed by atoms with Gasteiger partial charge < -0.3 is 48.6 Å². The molecule has 18 nitrogen and oxygen atoms in total. The van der Waals surface area contributed by atoms with Crippen LogP contribution >= 0.6 is 46.6 Å². The highest BCUT2D eigenvalue weighted by molar-refractivity contribution is 9.10. The SMILES string of the molecule is C=CCCCCC[C@H](CC(=O)OC1CCCC1)C(=O)N1C[C@@H](OCc2ccc(Br)cc2)C[C@H]1C(=O)C[C@]1(P(=O)(Cc2c(F)cccc2F)OCC)C[C@H]1C=C.C=CCCCCC[C@H](CC(=O)OC1CCCC1)C(=O)N1C[C@@H](OCc2ccc(Br)cc2)C[C@H]1C(=O)O.C=C[C@@H]1C[C@]1(N)P(=O)(Cc1c(F)cccc1F)OCC. The number of carbonyl (C=O) groups is 6. The second kappa shape index (κ2) is 43.5. The van der Waals surface area contributed by atoms with Crippen molar-refractivity contribution in [2.24, 2.45) is 29.4 Å². The fraction of sp³-hybridized carbons (Fsp3) is 0.553. The molecule has 0 bridgehead atoms. The quantitative estimate of drug-likeness (QED) is 0.0138. The lowest BCUT2D eigenvalue weighted by atomic mass is 9.94. The lowest BCUT2D eigenvalue weighted by Crippen LogP contribution is -2.45. The Morgan fingerprint density at radius 1 is 0.568 bits per heavy atom. The molecular weight excluding hydrogens is 1600 g/mol. The van der Waals surface area contributed by atoms with E-state index < -0.39 is 102 Å². The van der Waals surface area contributed by atoms with Crippen molar-refractivity contribution in [2.45, 2.75) is 247 Å². The van der Waals surface area contributed by atoms with Gasteiger partial charge in [0.1, 0.15) is 46.8 Å². The second-order valence-corrected chi connectivity index (χ2v) is 37.5. The zero-order valence-corrected chi connectivity index (χ0v) is 69.1. The number of hydrogen-bond donors (Lipinski definition) is 2. The molecule has 4 saturated carbocycles. The molecule has 26 heteroatoms. The number of unbranched alkanes of at least 4 members (excludes halogenated alkanes) is 6. The Bertz CT molecular complexity index is 3880. The third-order valence-corrected chi connectivity index (χ3v) is 29.9. The number of Topliss-reactive ketones (excluding diaryl/α,β-unsaturated/α-hetero) is 1. The van der Waals surface area contributed by atoms with Gasteiger partial charge in [-0.2, -0.15) is 0 Å². The Kier molecular flexibility index (Phi) is 35.4. The van der Waals surface area contributed by atoms with Gasteiger partial charge in [-0.15, -0.1) is 26.3 Å². The predicted molar refractivity (Wildman–Crippen MR) is 427 cm³/mol. The molecule has 2 saturated heterocycles.